The van der Waals surface area contributed by atoms with Crippen molar-refractivity contribution in [2.24, 2.45) is 11.3 Å². The van der Waals surface area contributed by atoms with Crippen molar-refractivity contribution >= 4 is 11.8 Å². The van der Waals surface area contributed by atoms with Crippen LogP contribution in [0.3, 0.4) is 0 Å². The number of imide groups is 1. The molecule has 2 amide bonds. The predicted molar refractivity (Wildman–Crippen MR) is 63.8 cm³/mol. The molecule has 1 heterocycles. The third kappa shape index (κ3) is 2.45. The Hall–Kier alpha value is -0.860. The maximum Gasteiger partial charge on any atom is 0.230 e. The molecule has 0 spiro atoms. The molecule has 1 aliphatic heterocycles. The first-order valence-electron chi connectivity index (χ1n) is 6.43. The minimum atomic E-state index is -0.0901. The summed E-state index contributed by atoms with van der Waals surface area (Å²) in [7, 11) is 0. The van der Waals surface area contributed by atoms with Crippen LogP contribution in [0.1, 0.15) is 59.3 Å². The van der Waals surface area contributed by atoms with Crippen molar-refractivity contribution < 1.29 is 9.59 Å². The summed E-state index contributed by atoms with van der Waals surface area (Å²) in [5.41, 5.74) is -0.0792. The highest BCUT2D eigenvalue weighted by atomic mass is 16.2. The zero-order valence-corrected chi connectivity index (χ0v) is 10.6. The highest BCUT2D eigenvalue weighted by Crippen LogP contribution is 2.44. The van der Waals surface area contributed by atoms with Crippen molar-refractivity contribution in [3.8, 4) is 0 Å². The molecule has 1 N–H and O–H groups in total. The monoisotopic (exact) mass is 225 g/mol. The fourth-order valence-corrected chi connectivity index (χ4v) is 3.02. The lowest BCUT2D eigenvalue weighted by Gasteiger charge is -2.42. The number of carbonyl (C=O) groups excluding carboxylic acids is 2. The predicted octanol–water partition coefficient (Wildman–Crippen LogP) is 2.65. The Balaban J connectivity index is 2.95. The van der Waals surface area contributed by atoms with Gasteiger partial charge in [-0.2, -0.15) is 0 Å². The zero-order chi connectivity index (χ0) is 12.2. The molecule has 92 valence electrons. The summed E-state index contributed by atoms with van der Waals surface area (Å²) >= 11 is 0. The molecule has 0 aromatic carbocycles. The van der Waals surface area contributed by atoms with Gasteiger partial charge in [0.05, 0.1) is 0 Å². The van der Waals surface area contributed by atoms with Crippen molar-refractivity contribution in [2.75, 3.05) is 0 Å². The Morgan fingerprint density at radius 1 is 1.25 bits per heavy atom. The zero-order valence-electron chi connectivity index (χ0n) is 10.6. The first-order chi connectivity index (χ1) is 7.59. The summed E-state index contributed by atoms with van der Waals surface area (Å²) < 4.78 is 0. The van der Waals surface area contributed by atoms with Gasteiger partial charge in [-0.05, 0) is 24.7 Å². The molecule has 1 saturated heterocycles. The Morgan fingerprint density at radius 2 is 1.94 bits per heavy atom. The fraction of sp³-hybridized carbons (Fsp3) is 0.846. The molecule has 1 aliphatic rings. The molecule has 0 bridgehead atoms. The van der Waals surface area contributed by atoms with Crippen LogP contribution < -0.4 is 5.32 Å². The van der Waals surface area contributed by atoms with Crippen LogP contribution in [0.2, 0.25) is 0 Å². The average Bonchev–Trinajstić information content (AvgIpc) is 2.23. The smallest absolute Gasteiger partial charge is 0.230 e. The molecule has 2 atom stereocenters. The number of nitrogens with one attached hydrogen (secondary N) is 1. The van der Waals surface area contributed by atoms with E-state index in [1.807, 2.05) is 0 Å². The number of amides is 2. The van der Waals surface area contributed by atoms with Gasteiger partial charge in [-0.15, -0.1) is 0 Å². The van der Waals surface area contributed by atoms with Gasteiger partial charge in [0.25, 0.3) is 0 Å². The summed E-state index contributed by atoms with van der Waals surface area (Å²) in [6.45, 7) is 6.32. The van der Waals surface area contributed by atoms with Crippen molar-refractivity contribution in [3.05, 3.63) is 0 Å². The van der Waals surface area contributed by atoms with Crippen molar-refractivity contribution in [3.63, 3.8) is 0 Å². The fourth-order valence-electron chi connectivity index (χ4n) is 3.02. The van der Waals surface area contributed by atoms with Crippen LogP contribution in [0.15, 0.2) is 0 Å². The molecular weight excluding hydrogens is 202 g/mol. The van der Waals surface area contributed by atoms with E-state index in [2.05, 4.69) is 26.1 Å². The lowest BCUT2D eigenvalue weighted by Crippen LogP contribution is -2.51. The van der Waals surface area contributed by atoms with Crippen molar-refractivity contribution in [1.29, 1.82) is 0 Å². The normalized spacial score (nSPS) is 30.3. The molecule has 0 aromatic rings. The van der Waals surface area contributed by atoms with Gasteiger partial charge < -0.3 is 0 Å². The van der Waals surface area contributed by atoms with Gasteiger partial charge in [-0.3, -0.25) is 14.9 Å². The van der Waals surface area contributed by atoms with Crippen molar-refractivity contribution in [1.82, 2.24) is 5.32 Å². The number of hydrogen-bond donors (Lipinski definition) is 1. The van der Waals surface area contributed by atoms with Crippen LogP contribution in [0, 0.1) is 11.3 Å². The van der Waals surface area contributed by atoms with Crippen LogP contribution >= 0.6 is 0 Å². The van der Waals surface area contributed by atoms with Gasteiger partial charge in [0.1, 0.15) is 0 Å². The molecule has 1 rings (SSSR count). The summed E-state index contributed by atoms with van der Waals surface area (Å²) in [5.74, 6) is -0.110. The number of hydrogen-bond acceptors (Lipinski definition) is 2. The lowest BCUT2D eigenvalue weighted by molar-refractivity contribution is -0.144. The molecule has 0 radical (unpaired) electrons. The van der Waals surface area contributed by atoms with E-state index in [9.17, 15) is 9.59 Å². The number of piperidine rings is 1. The lowest BCUT2D eigenvalue weighted by atomic mass is 9.64. The first-order valence-corrected chi connectivity index (χ1v) is 6.43. The Kier molecular flexibility index (Phi) is 4.51. The summed E-state index contributed by atoms with van der Waals surface area (Å²) in [4.78, 5) is 23.5. The Bertz CT molecular complexity index is 275. The van der Waals surface area contributed by atoms with Crippen LogP contribution in [0.5, 0.6) is 0 Å². The molecule has 2 unspecified atom stereocenters. The topological polar surface area (TPSA) is 46.2 Å². The van der Waals surface area contributed by atoms with E-state index in [0.29, 0.717) is 6.42 Å². The maximum atomic E-state index is 11.9. The molecular formula is C13H23NO2. The summed E-state index contributed by atoms with van der Waals surface area (Å²) in [6.07, 6.45) is 5.35. The van der Waals surface area contributed by atoms with E-state index in [0.717, 1.165) is 32.1 Å². The summed E-state index contributed by atoms with van der Waals surface area (Å²) in [6, 6.07) is 0. The SMILES string of the molecule is CCCC1C(=O)NC(=O)CC1(CC)CCC. The molecule has 3 nitrogen and oxygen atoms in total. The quantitative estimate of drug-likeness (QED) is 0.731. The van der Waals surface area contributed by atoms with E-state index >= 15 is 0 Å². The van der Waals surface area contributed by atoms with E-state index in [1.165, 1.54) is 0 Å². The maximum absolute atomic E-state index is 11.9. The van der Waals surface area contributed by atoms with Crippen LogP contribution in [0.25, 0.3) is 0 Å². The Labute approximate surface area is 98.0 Å². The summed E-state index contributed by atoms with van der Waals surface area (Å²) in [5, 5.41) is 2.48. The minimum Gasteiger partial charge on any atom is -0.296 e. The van der Waals surface area contributed by atoms with Gasteiger partial charge in [-0.1, -0.05) is 33.6 Å². The molecule has 16 heavy (non-hydrogen) atoms. The van der Waals surface area contributed by atoms with Gasteiger partial charge >= 0.3 is 0 Å². The van der Waals surface area contributed by atoms with Crippen molar-refractivity contribution in [2.45, 2.75) is 59.3 Å². The second-order valence-corrected chi connectivity index (χ2v) is 4.90. The number of rotatable bonds is 5. The van der Waals surface area contributed by atoms with Crippen LogP contribution in [0.4, 0.5) is 0 Å². The standard InChI is InChI=1S/C13H23NO2/c1-4-7-10-12(16)14-11(15)9-13(10,6-3)8-5-2/h10H,4-9H2,1-3H3,(H,14,15,16). The van der Waals surface area contributed by atoms with Crippen LogP contribution in [-0.2, 0) is 9.59 Å². The van der Waals surface area contributed by atoms with Gasteiger partial charge in [-0.25, -0.2) is 0 Å². The molecule has 0 aromatic heterocycles. The minimum absolute atomic E-state index is 0.0279. The number of carbonyl (C=O) groups is 2. The van der Waals surface area contributed by atoms with Gasteiger partial charge in [0.2, 0.25) is 11.8 Å². The van der Waals surface area contributed by atoms with Gasteiger partial charge in [0.15, 0.2) is 0 Å². The van der Waals surface area contributed by atoms with E-state index in [-0.39, 0.29) is 23.1 Å². The molecule has 3 heteroatoms. The second-order valence-electron chi connectivity index (χ2n) is 4.90. The van der Waals surface area contributed by atoms with E-state index in [1.54, 1.807) is 0 Å². The van der Waals surface area contributed by atoms with E-state index in [4.69, 9.17) is 0 Å². The largest absolute Gasteiger partial charge is 0.296 e. The second kappa shape index (κ2) is 5.46. The first kappa shape index (κ1) is 13.2. The van der Waals surface area contributed by atoms with Gasteiger partial charge in [0, 0.05) is 12.3 Å². The third-order valence-corrected chi connectivity index (χ3v) is 3.86. The Morgan fingerprint density at radius 3 is 2.44 bits per heavy atom. The molecule has 1 fully saturated rings. The van der Waals surface area contributed by atoms with Crippen LogP contribution in [-0.4, -0.2) is 11.8 Å². The molecule has 0 aliphatic carbocycles. The third-order valence-electron chi connectivity index (χ3n) is 3.86. The highest BCUT2D eigenvalue weighted by molar-refractivity contribution is 5.99. The van der Waals surface area contributed by atoms with E-state index < -0.39 is 0 Å². The highest BCUT2D eigenvalue weighted by Gasteiger charge is 2.45. The molecule has 0 saturated carbocycles. The average molecular weight is 225 g/mol.